The number of ether oxygens (including phenoxy) is 2. The van der Waals surface area contributed by atoms with E-state index in [4.69, 9.17) is 20.1 Å². The Morgan fingerprint density at radius 2 is 2.10 bits per heavy atom. The molecule has 0 saturated carbocycles. The average molecular weight is 297 g/mol. The molecule has 0 aromatic heterocycles. The van der Waals surface area contributed by atoms with Crippen molar-refractivity contribution in [3.63, 3.8) is 0 Å². The Kier molecular flexibility index (Phi) is 5.49. The van der Waals surface area contributed by atoms with Crippen LogP contribution in [0.5, 0.6) is 0 Å². The van der Waals surface area contributed by atoms with Crippen molar-refractivity contribution in [2.45, 2.75) is 37.3 Å². The molecule has 1 aromatic rings. The summed E-state index contributed by atoms with van der Waals surface area (Å²) in [7, 11) is 0. The van der Waals surface area contributed by atoms with Crippen LogP contribution in [0.1, 0.15) is 5.56 Å². The summed E-state index contributed by atoms with van der Waals surface area (Å²) in [5.74, 6) is 0. The van der Waals surface area contributed by atoms with Gasteiger partial charge in [0.2, 0.25) is 0 Å². The van der Waals surface area contributed by atoms with Crippen LogP contribution in [0.4, 0.5) is 4.39 Å². The molecule has 0 bridgehead atoms. The molecule has 1 aliphatic rings. The van der Waals surface area contributed by atoms with Gasteiger partial charge in [0.05, 0.1) is 13.2 Å². The summed E-state index contributed by atoms with van der Waals surface area (Å²) in [6, 6.07) is 7.82. The van der Waals surface area contributed by atoms with Crippen LogP contribution >= 0.6 is 0 Å². The van der Waals surface area contributed by atoms with Crippen molar-refractivity contribution in [3.05, 3.63) is 46.3 Å². The summed E-state index contributed by atoms with van der Waals surface area (Å²) in [4.78, 5) is 2.55. The number of alkyl halides is 1. The highest BCUT2D eigenvalue weighted by Gasteiger charge is 2.45. The molecule has 0 radical (unpaired) electrons. The summed E-state index contributed by atoms with van der Waals surface area (Å²) in [6.07, 6.45) is -5.72. The first-order valence-corrected chi connectivity index (χ1v) is 6.45. The number of azide groups is 1. The number of aliphatic hydroxyl groups is 2. The van der Waals surface area contributed by atoms with Gasteiger partial charge in [0.25, 0.3) is 0 Å². The van der Waals surface area contributed by atoms with Gasteiger partial charge in [-0.05, 0) is 11.1 Å². The second kappa shape index (κ2) is 7.35. The molecule has 1 aliphatic heterocycles. The van der Waals surface area contributed by atoms with Gasteiger partial charge in [0.15, 0.2) is 6.29 Å². The Morgan fingerprint density at radius 1 is 1.38 bits per heavy atom. The quantitative estimate of drug-likeness (QED) is 0.485. The molecule has 1 heterocycles. The van der Waals surface area contributed by atoms with Crippen LogP contribution in [-0.2, 0) is 16.1 Å². The monoisotopic (exact) mass is 297 g/mol. The number of aliphatic hydroxyl groups excluding tert-OH is 2. The van der Waals surface area contributed by atoms with E-state index in [-0.39, 0.29) is 6.61 Å². The number of halogens is 1. The van der Waals surface area contributed by atoms with E-state index >= 15 is 0 Å². The van der Waals surface area contributed by atoms with Gasteiger partial charge in [-0.3, -0.25) is 0 Å². The molecule has 0 aliphatic carbocycles. The number of rotatable bonds is 5. The van der Waals surface area contributed by atoms with Gasteiger partial charge in [-0.25, -0.2) is 4.39 Å². The van der Waals surface area contributed by atoms with E-state index in [1.54, 1.807) is 0 Å². The Bertz CT molecular complexity index is 497. The van der Waals surface area contributed by atoms with Gasteiger partial charge in [0.1, 0.15) is 24.4 Å². The number of nitrogens with zero attached hydrogens (tertiary/aromatic N) is 3. The Labute approximate surface area is 120 Å². The average Bonchev–Trinajstić information content (AvgIpc) is 2.52. The predicted molar refractivity (Wildman–Crippen MR) is 70.8 cm³/mol. The SMILES string of the molecule is [N-]=[N+]=N[C@H]1C(OCc2ccccc2)O[C@H](CO)[C@@H](O)[C@H]1F. The van der Waals surface area contributed by atoms with E-state index in [0.717, 1.165) is 5.56 Å². The third-order valence-corrected chi connectivity index (χ3v) is 3.24. The molecule has 5 atom stereocenters. The zero-order chi connectivity index (χ0) is 15.2. The summed E-state index contributed by atoms with van der Waals surface area (Å²) in [5.41, 5.74) is 9.33. The summed E-state index contributed by atoms with van der Waals surface area (Å²) in [5, 5.41) is 22.0. The highest BCUT2D eigenvalue weighted by Crippen LogP contribution is 2.27. The van der Waals surface area contributed by atoms with Crippen molar-refractivity contribution in [2.24, 2.45) is 5.11 Å². The van der Waals surface area contributed by atoms with Gasteiger partial charge in [-0.2, -0.15) is 0 Å². The maximum Gasteiger partial charge on any atom is 0.170 e. The third-order valence-electron chi connectivity index (χ3n) is 3.24. The van der Waals surface area contributed by atoms with E-state index in [2.05, 4.69) is 10.0 Å². The highest BCUT2D eigenvalue weighted by molar-refractivity contribution is 5.13. The van der Waals surface area contributed by atoms with Gasteiger partial charge in [0, 0.05) is 4.91 Å². The first-order chi connectivity index (χ1) is 10.2. The molecule has 1 saturated heterocycles. The lowest BCUT2D eigenvalue weighted by Gasteiger charge is -2.38. The summed E-state index contributed by atoms with van der Waals surface area (Å²) < 4.78 is 24.8. The molecule has 8 heteroatoms. The van der Waals surface area contributed by atoms with Crippen molar-refractivity contribution in [2.75, 3.05) is 6.61 Å². The predicted octanol–water partition coefficient (Wildman–Crippen LogP) is 1.30. The molecule has 7 nitrogen and oxygen atoms in total. The molecule has 1 fully saturated rings. The molecular weight excluding hydrogens is 281 g/mol. The van der Waals surface area contributed by atoms with Crippen molar-refractivity contribution in [3.8, 4) is 0 Å². The van der Waals surface area contributed by atoms with Crippen LogP contribution in [0.3, 0.4) is 0 Å². The van der Waals surface area contributed by atoms with Crippen molar-refractivity contribution in [1.82, 2.24) is 0 Å². The minimum atomic E-state index is -1.87. The summed E-state index contributed by atoms with van der Waals surface area (Å²) >= 11 is 0. The van der Waals surface area contributed by atoms with E-state index in [1.807, 2.05) is 30.3 Å². The van der Waals surface area contributed by atoms with Crippen LogP contribution in [0.25, 0.3) is 10.4 Å². The maximum absolute atomic E-state index is 14.1. The largest absolute Gasteiger partial charge is 0.394 e. The lowest BCUT2D eigenvalue weighted by Crippen LogP contribution is -2.56. The highest BCUT2D eigenvalue weighted by atomic mass is 19.1. The standard InChI is InChI=1S/C13H16FN3O4/c14-10-11(16-17-15)13(21-9(6-18)12(10)19)20-7-8-4-2-1-3-5-8/h1-5,9-13,18-19H,6-7H2/t9-,10+,11-,12-,13?/m1/s1. The number of hydrogen-bond acceptors (Lipinski definition) is 5. The van der Waals surface area contributed by atoms with Crippen LogP contribution < -0.4 is 0 Å². The van der Waals surface area contributed by atoms with Gasteiger partial charge >= 0.3 is 0 Å². The van der Waals surface area contributed by atoms with Gasteiger partial charge in [-0.1, -0.05) is 35.4 Å². The third kappa shape index (κ3) is 3.69. The Morgan fingerprint density at radius 3 is 2.71 bits per heavy atom. The molecular formula is C13H16FN3O4. The van der Waals surface area contributed by atoms with Crippen LogP contribution in [0, 0.1) is 0 Å². The maximum atomic E-state index is 14.1. The zero-order valence-electron chi connectivity index (χ0n) is 11.1. The number of hydrogen-bond donors (Lipinski definition) is 2. The van der Waals surface area contributed by atoms with E-state index < -0.39 is 37.3 Å². The normalized spacial score (nSPS) is 32.4. The first-order valence-electron chi connectivity index (χ1n) is 6.45. The first kappa shape index (κ1) is 15.7. The molecule has 0 amide bonds. The van der Waals surface area contributed by atoms with Gasteiger partial charge < -0.3 is 19.7 Å². The molecule has 1 aromatic carbocycles. The molecule has 2 N–H and O–H groups in total. The van der Waals surface area contributed by atoms with E-state index in [9.17, 15) is 9.50 Å². The molecule has 21 heavy (non-hydrogen) atoms. The zero-order valence-corrected chi connectivity index (χ0v) is 11.1. The fourth-order valence-electron chi connectivity index (χ4n) is 2.11. The van der Waals surface area contributed by atoms with Crippen LogP contribution in [0.2, 0.25) is 0 Å². The van der Waals surface area contributed by atoms with Crippen molar-refractivity contribution >= 4 is 0 Å². The smallest absolute Gasteiger partial charge is 0.170 e. The Hall–Kier alpha value is -1.70. The van der Waals surface area contributed by atoms with Crippen molar-refractivity contribution in [1.29, 1.82) is 0 Å². The lowest BCUT2D eigenvalue weighted by molar-refractivity contribution is -0.259. The minimum Gasteiger partial charge on any atom is -0.394 e. The van der Waals surface area contributed by atoms with Crippen LogP contribution in [0.15, 0.2) is 35.4 Å². The van der Waals surface area contributed by atoms with E-state index in [1.165, 1.54) is 0 Å². The van der Waals surface area contributed by atoms with Crippen LogP contribution in [-0.4, -0.2) is 47.5 Å². The molecule has 0 spiro atoms. The van der Waals surface area contributed by atoms with Gasteiger partial charge in [-0.15, -0.1) is 0 Å². The van der Waals surface area contributed by atoms with E-state index in [0.29, 0.717) is 0 Å². The second-order valence-corrected chi connectivity index (χ2v) is 4.65. The lowest BCUT2D eigenvalue weighted by atomic mass is 9.99. The fraction of sp³-hybridized carbons (Fsp3) is 0.538. The minimum absolute atomic E-state index is 0.129. The van der Waals surface area contributed by atoms with Crippen molar-refractivity contribution < 1.29 is 24.1 Å². The molecule has 1 unspecified atom stereocenters. The second-order valence-electron chi connectivity index (χ2n) is 4.65. The Balaban J connectivity index is 2.08. The fourth-order valence-corrected chi connectivity index (χ4v) is 2.11. The molecule has 2 rings (SSSR count). The molecule has 114 valence electrons. The summed E-state index contributed by atoms with van der Waals surface area (Å²) in [6.45, 7) is -0.431. The number of benzene rings is 1. The topological polar surface area (TPSA) is 108 Å².